The molecule has 0 unspecified atom stereocenters. The molecule has 3 aromatic rings. The van der Waals surface area contributed by atoms with Crippen molar-refractivity contribution in [2.45, 2.75) is 0 Å². The fourth-order valence-corrected chi connectivity index (χ4v) is 4.28. The van der Waals surface area contributed by atoms with Crippen molar-refractivity contribution < 1.29 is 14.4 Å². The van der Waals surface area contributed by atoms with Crippen molar-refractivity contribution in [3.8, 4) is 0 Å². The maximum Gasteiger partial charge on any atom is 0.266 e. The molecule has 160 valence electrons. The molecule has 0 aliphatic carbocycles. The number of anilines is 2. The van der Waals surface area contributed by atoms with Gasteiger partial charge in [-0.25, -0.2) is 4.90 Å². The predicted octanol–water partition coefficient (Wildman–Crippen LogP) is 5.53. The van der Waals surface area contributed by atoms with E-state index >= 15 is 0 Å². The fraction of sp³-hybridized carbons (Fsp3) is 0. The topological polar surface area (TPSA) is 78.5 Å². The minimum atomic E-state index is -0.468. The van der Waals surface area contributed by atoms with Crippen molar-refractivity contribution in [3.63, 3.8) is 0 Å². The van der Waals surface area contributed by atoms with Gasteiger partial charge >= 0.3 is 0 Å². The second-order valence-electron chi connectivity index (χ2n) is 6.69. The molecule has 0 atom stereocenters. The largest absolute Gasteiger partial charge is 0.331 e. The molecule has 0 saturated carbocycles. The summed E-state index contributed by atoms with van der Waals surface area (Å²) in [6, 6.07) is 16.3. The summed E-state index contributed by atoms with van der Waals surface area (Å²) in [5.74, 6) is -1.30. The van der Waals surface area contributed by atoms with Crippen LogP contribution in [0, 0.1) is 3.57 Å². The van der Waals surface area contributed by atoms with Crippen molar-refractivity contribution in [1.82, 2.24) is 5.32 Å². The summed E-state index contributed by atoms with van der Waals surface area (Å²) in [5, 5.41) is 5.91. The molecular weight excluding hydrogens is 584 g/mol. The molecular formula is C22H12Cl2IN3O3S. The van der Waals surface area contributed by atoms with Gasteiger partial charge in [0.15, 0.2) is 5.11 Å². The number of imide groups is 1. The van der Waals surface area contributed by atoms with E-state index in [4.69, 9.17) is 35.4 Å². The van der Waals surface area contributed by atoms with Crippen LogP contribution in [0.5, 0.6) is 0 Å². The van der Waals surface area contributed by atoms with Crippen LogP contribution in [0.2, 0.25) is 10.0 Å². The van der Waals surface area contributed by atoms with Crippen molar-refractivity contribution in [3.05, 3.63) is 91.0 Å². The van der Waals surface area contributed by atoms with Gasteiger partial charge in [-0.2, -0.15) is 0 Å². The number of benzene rings is 3. The van der Waals surface area contributed by atoms with Gasteiger partial charge in [-0.1, -0.05) is 35.3 Å². The lowest BCUT2D eigenvalue weighted by Crippen LogP contribution is -2.34. The highest BCUT2D eigenvalue weighted by molar-refractivity contribution is 14.1. The van der Waals surface area contributed by atoms with E-state index in [1.54, 1.807) is 54.6 Å². The Morgan fingerprint density at radius 3 is 2.19 bits per heavy atom. The molecule has 3 aromatic carbocycles. The Morgan fingerprint density at radius 1 is 0.906 bits per heavy atom. The summed E-state index contributed by atoms with van der Waals surface area (Å²) in [5.41, 5.74) is 1.69. The lowest BCUT2D eigenvalue weighted by atomic mass is 10.1. The number of fused-ring (bicyclic) bond motifs is 1. The molecule has 3 amide bonds. The Bertz CT molecular complexity index is 1280. The van der Waals surface area contributed by atoms with E-state index in [-0.39, 0.29) is 15.7 Å². The van der Waals surface area contributed by atoms with Crippen LogP contribution in [-0.4, -0.2) is 22.8 Å². The third kappa shape index (κ3) is 4.36. The number of thiocarbonyl (C=S) groups is 1. The van der Waals surface area contributed by atoms with Gasteiger partial charge in [0.25, 0.3) is 17.7 Å². The van der Waals surface area contributed by atoms with E-state index in [1.165, 1.54) is 6.07 Å². The lowest BCUT2D eigenvalue weighted by molar-refractivity contribution is 0.0923. The molecule has 32 heavy (non-hydrogen) atoms. The van der Waals surface area contributed by atoms with Gasteiger partial charge in [0.1, 0.15) is 0 Å². The summed E-state index contributed by atoms with van der Waals surface area (Å²) in [7, 11) is 0. The molecule has 10 heteroatoms. The van der Waals surface area contributed by atoms with Crippen molar-refractivity contribution >= 4 is 92.2 Å². The number of nitrogens with zero attached hydrogens (tertiary/aromatic N) is 1. The van der Waals surface area contributed by atoms with Crippen LogP contribution >= 0.6 is 58.0 Å². The minimum absolute atomic E-state index is 0.0142. The quantitative estimate of drug-likeness (QED) is 0.237. The lowest BCUT2D eigenvalue weighted by Gasteiger charge is -2.16. The average Bonchev–Trinajstić information content (AvgIpc) is 3.01. The highest BCUT2D eigenvalue weighted by Crippen LogP contribution is 2.33. The van der Waals surface area contributed by atoms with Crippen molar-refractivity contribution in [2.75, 3.05) is 10.2 Å². The summed E-state index contributed by atoms with van der Waals surface area (Å²) in [4.78, 5) is 38.9. The van der Waals surface area contributed by atoms with E-state index in [9.17, 15) is 14.4 Å². The number of carbonyl (C=O) groups is 3. The van der Waals surface area contributed by atoms with Crippen molar-refractivity contribution in [2.24, 2.45) is 0 Å². The fourth-order valence-electron chi connectivity index (χ4n) is 3.16. The van der Waals surface area contributed by atoms with E-state index in [0.717, 1.165) is 8.47 Å². The van der Waals surface area contributed by atoms with E-state index in [2.05, 4.69) is 33.2 Å². The molecule has 0 bridgehead atoms. The Hall–Kier alpha value is -2.53. The maximum atomic E-state index is 12.7. The molecule has 0 fully saturated rings. The number of hydrogen-bond acceptors (Lipinski definition) is 4. The first-order chi connectivity index (χ1) is 15.3. The van der Waals surface area contributed by atoms with Crippen molar-refractivity contribution in [1.29, 1.82) is 0 Å². The first-order valence-electron chi connectivity index (χ1n) is 9.11. The Labute approximate surface area is 212 Å². The monoisotopic (exact) mass is 595 g/mol. The molecule has 1 aliphatic heterocycles. The summed E-state index contributed by atoms with van der Waals surface area (Å²) >= 11 is 19.7. The Morgan fingerprint density at radius 2 is 1.56 bits per heavy atom. The van der Waals surface area contributed by atoms with Gasteiger partial charge in [-0.05, 0) is 83.3 Å². The minimum Gasteiger partial charge on any atom is -0.331 e. The second-order valence-corrected chi connectivity index (χ2v) is 9.16. The first kappa shape index (κ1) is 22.7. The number of hydrogen-bond donors (Lipinski definition) is 2. The van der Waals surface area contributed by atoms with Gasteiger partial charge in [-0.15, -0.1) is 0 Å². The SMILES string of the molecule is O=C(NC(=S)Nc1ccc(N2C(=O)c3ccccc3C2=O)cc1Cl)c1cc(I)ccc1Cl. The maximum absolute atomic E-state index is 12.7. The second kappa shape index (κ2) is 9.14. The van der Waals surface area contributed by atoms with Crippen LogP contribution in [-0.2, 0) is 0 Å². The smallest absolute Gasteiger partial charge is 0.266 e. The zero-order valence-corrected chi connectivity index (χ0v) is 20.5. The van der Waals surface area contributed by atoms with E-state index in [1.807, 2.05) is 0 Å². The molecule has 0 radical (unpaired) electrons. The number of amides is 3. The third-order valence-corrected chi connectivity index (χ3v) is 6.17. The van der Waals surface area contributed by atoms with Gasteiger partial charge < -0.3 is 5.32 Å². The van der Waals surface area contributed by atoms with Crippen LogP contribution in [0.3, 0.4) is 0 Å². The standard InChI is InChI=1S/C22H12Cl2IN3O3S/c23-16-7-5-11(25)9-15(16)19(29)27-22(32)26-18-8-6-12(10-17(18)24)28-20(30)13-3-1-2-4-14(13)21(28)31/h1-10H,(H2,26,27,29,32). The Balaban J connectivity index is 1.49. The average molecular weight is 596 g/mol. The molecule has 0 saturated heterocycles. The van der Waals surface area contributed by atoms with Gasteiger partial charge in [-0.3, -0.25) is 19.7 Å². The van der Waals surface area contributed by atoms with Gasteiger partial charge in [0, 0.05) is 3.57 Å². The van der Waals surface area contributed by atoms with Crippen LogP contribution in [0.4, 0.5) is 11.4 Å². The number of rotatable bonds is 3. The third-order valence-electron chi connectivity index (χ3n) is 4.65. The highest BCUT2D eigenvalue weighted by Gasteiger charge is 2.36. The molecule has 1 aliphatic rings. The molecule has 0 aromatic heterocycles. The Kier molecular flexibility index (Phi) is 6.47. The van der Waals surface area contributed by atoms with E-state index in [0.29, 0.717) is 27.5 Å². The summed E-state index contributed by atoms with van der Waals surface area (Å²) in [6.07, 6.45) is 0. The first-order valence-corrected chi connectivity index (χ1v) is 11.4. The van der Waals surface area contributed by atoms with Gasteiger partial charge in [0.05, 0.1) is 38.1 Å². The van der Waals surface area contributed by atoms with Crippen LogP contribution < -0.4 is 15.5 Å². The number of carbonyl (C=O) groups excluding carboxylic acids is 3. The molecule has 1 heterocycles. The van der Waals surface area contributed by atoms with E-state index < -0.39 is 17.7 Å². The molecule has 4 rings (SSSR count). The molecule has 2 N–H and O–H groups in total. The highest BCUT2D eigenvalue weighted by atomic mass is 127. The summed E-state index contributed by atoms with van der Waals surface area (Å²) < 4.78 is 0.850. The van der Waals surface area contributed by atoms with Crippen LogP contribution in [0.15, 0.2) is 60.7 Å². The molecule has 0 spiro atoms. The summed E-state index contributed by atoms with van der Waals surface area (Å²) in [6.45, 7) is 0. The van der Waals surface area contributed by atoms with Crippen LogP contribution in [0.1, 0.15) is 31.1 Å². The predicted molar refractivity (Wildman–Crippen MR) is 137 cm³/mol. The zero-order valence-electron chi connectivity index (χ0n) is 16.0. The zero-order chi connectivity index (χ0) is 23.0. The van der Waals surface area contributed by atoms with Gasteiger partial charge in [0.2, 0.25) is 0 Å². The van der Waals surface area contributed by atoms with Crippen LogP contribution in [0.25, 0.3) is 0 Å². The number of halogens is 3. The number of nitrogens with one attached hydrogen (secondary N) is 2. The molecule has 6 nitrogen and oxygen atoms in total. The normalized spacial score (nSPS) is 12.5.